The third-order valence-corrected chi connectivity index (χ3v) is 2.37. The van der Waals surface area contributed by atoms with Crippen LogP contribution in [0.3, 0.4) is 0 Å². The summed E-state index contributed by atoms with van der Waals surface area (Å²) in [6.07, 6.45) is 2.42. The standard InChI is InChI=1S/C14H22.Na.H/c1-11(2)9-13-7-5-6-8-14(13)10-12(3)4;;/h5-8,11-12H,9-10H2,1-4H3;;/q;+1;-1. The molecule has 1 rings (SSSR count). The Morgan fingerprint density at radius 3 is 1.47 bits per heavy atom. The van der Waals surface area contributed by atoms with Crippen LogP contribution in [0.4, 0.5) is 0 Å². The average Bonchev–Trinajstić information content (AvgIpc) is 2.06. The third kappa shape index (κ3) is 5.75. The van der Waals surface area contributed by atoms with Crippen molar-refractivity contribution in [1.29, 1.82) is 0 Å². The van der Waals surface area contributed by atoms with Gasteiger partial charge in [-0.3, -0.25) is 0 Å². The second kappa shape index (κ2) is 7.49. The molecule has 0 saturated heterocycles. The van der Waals surface area contributed by atoms with Gasteiger partial charge in [0.05, 0.1) is 0 Å². The first kappa shape index (κ1) is 15.2. The van der Waals surface area contributed by atoms with Crippen LogP contribution in [0.5, 0.6) is 0 Å². The molecule has 1 heteroatoms. The van der Waals surface area contributed by atoms with Gasteiger partial charge >= 0.3 is 29.6 Å². The first-order valence-corrected chi connectivity index (χ1v) is 5.66. The quantitative estimate of drug-likeness (QED) is 0.661. The van der Waals surface area contributed by atoms with Gasteiger partial charge in [0.2, 0.25) is 0 Å². The monoisotopic (exact) mass is 214 g/mol. The molecule has 1 aromatic rings. The van der Waals surface area contributed by atoms with Gasteiger partial charge < -0.3 is 1.43 Å². The zero-order valence-electron chi connectivity index (χ0n) is 11.9. The minimum Gasteiger partial charge on any atom is -1.00 e. The zero-order chi connectivity index (χ0) is 10.6. The Morgan fingerprint density at radius 2 is 1.20 bits per heavy atom. The first-order valence-electron chi connectivity index (χ1n) is 5.66. The second-order valence-corrected chi connectivity index (χ2v) is 4.96. The van der Waals surface area contributed by atoms with Gasteiger partial charge in [0, 0.05) is 0 Å². The number of hydrogen-bond donors (Lipinski definition) is 0. The minimum absolute atomic E-state index is 0. The van der Waals surface area contributed by atoms with Crippen LogP contribution in [0.2, 0.25) is 0 Å². The molecule has 0 unspecified atom stereocenters. The van der Waals surface area contributed by atoms with Gasteiger partial charge in [0.25, 0.3) is 0 Å². The van der Waals surface area contributed by atoms with E-state index >= 15 is 0 Å². The average molecular weight is 214 g/mol. The van der Waals surface area contributed by atoms with Gasteiger partial charge in [-0.1, -0.05) is 52.0 Å². The van der Waals surface area contributed by atoms with Crippen LogP contribution in [0, 0.1) is 11.8 Å². The van der Waals surface area contributed by atoms with Gasteiger partial charge in [-0.15, -0.1) is 0 Å². The van der Waals surface area contributed by atoms with Crippen molar-refractivity contribution in [2.45, 2.75) is 40.5 Å². The Hall–Kier alpha value is 0.220. The summed E-state index contributed by atoms with van der Waals surface area (Å²) in [7, 11) is 0. The molecule has 0 aliphatic rings. The van der Waals surface area contributed by atoms with E-state index in [4.69, 9.17) is 0 Å². The van der Waals surface area contributed by atoms with Gasteiger partial charge in [-0.25, -0.2) is 0 Å². The maximum atomic E-state index is 2.28. The van der Waals surface area contributed by atoms with Crippen molar-refractivity contribution in [1.82, 2.24) is 0 Å². The van der Waals surface area contributed by atoms with Crippen LogP contribution in [-0.2, 0) is 12.8 Å². The molecule has 0 bridgehead atoms. The van der Waals surface area contributed by atoms with Crippen molar-refractivity contribution in [2.24, 2.45) is 11.8 Å². The Bertz CT molecular complexity index is 253. The Kier molecular flexibility index (Phi) is 7.60. The number of benzene rings is 1. The molecule has 0 aliphatic carbocycles. The summed E-state index contributed by atoms with van der Waals surface area (Å²) in [6.45, 7) is 9.14. The van der Waals surface area contributed by atoms with Gasteiger partial charge in [-0.05, 0) is 35.8 Å². The van der Waals surface area contributed by atoms with Crippen LogP contribution in [0.1, 0.15) is 40.2 Å². The molecule has 15 heavy (non-hydrogen) atoms. The predicted octanol–water partition coefficient (Wildman–Crippen LogP) is 1.20. The molecule has 0 nitrogen and oxygen atoms in total. The maximum absolute atomic E-state index is 2.28. The Balaban J connectivity index is 0. The van der Waals surface area contributed by atoms with Gasteiger partial charge in [0.15, 0.2) is 0 Å². The molecule has 0 radical (unpaired) electrons. The van der Waals surface area contributed by atoms with Crippen LogP contribution in [0.25, 0.3) is 0 Å². The molecule has 0 N–H and O–H groups in total. The van der Waals surface area contributed by atoms with Crippen LogP contribution >= 0.6 is 0 Å². The van der Waals surface area contributed by atoms with Crippen molar-refractivity contribution in [3.05, 3.63) is 35.4 Å². The van der Waals surface area contributed by atoms with Crippen molar-refractivity contribution in [3.63, 3.8) is 0 Å². The van der Waals surface area contributed by atoms with E-state index in [0.717, 1.165) is 11.8 Å². The van der Waals surface area contributed by atoms with E-state index in [1.807, 2.05) is 0 Å². The van der Waals surface area contributed by atoms with E-state index in [1.54, 1.807) is 0 Å². The van der Waals surface area contributed by atoms with E-state index in [2.05, 4.69) is 52.0 Å². The minimum atomic E-state index is 0. The van der Waals surface area contributed by atoms with Crippen LogP contribution < -0.4 is 29.6 Å². The smallest absolute Gasteiger partial charge is 1.00 e. The van der Waals surface area contributed by atoms with Crippen LogP contribution in [0.15, 0.2) is 24.3 Å². The zero-order valence-corrected chi connectivity index (χ0v) is 12.9. The fourth-order valence-electron chi connectivity index (χ4n) is 1.84. The van der Waals surface area contributed by atoms with E-state index in [-0.39, 0.29) is 31.0 Å². The molecule has 1 aromatic carbocycles. The maximum Gasteiger partial charge on any atom is 1.00 e. The first-order chi connectivity index (χ1) is 6.59. The topological polar surface area (TPSA) is 0 Å². The number of hydrogen-bond acceptors (Lipinski definition) is 0. The number of rotatable bonds is 4. The summed E-state index contributed by atoms with van der Waals surface area (Å²) < 4.78 is 0. The Labute approximate surface area is 118 Å². The van der Waals surface area contributed by atoms with Crippen molar-refractivity contribution < 1.29 is 31.0 Å². The molecule has 0 saturated carbocycles. The normalized spacial score (nSPS) is 10.5. The summed E-state index contributed by atoms with van der Waals surface area (Å²) >= 11 is 0. The van der Waals surface area contributed by atoms with E-state index < -0.39 is 0 Å². The summed E-state index contributed by atoms with van der Waals surface area (Å²) in [4.78, 5) is 0. The molecule has 0 fully saturated rings. The summed E-state index contributed by atoms with van der Waals surface area (Å²) in [5.74, 6) is 1.51. The molecule has 0 aromatic heterocycles. The Morgan fingerprint density at radius 1 is 0.867 bits per heavy atom. The van der Waals surface area contributed by atoms with E-state index in [9.17, 15) is 0 Å². The molecule has 80 valence electrons. The molecule has 0 aliphatic heterocycles. The summed E-state index contributed by atoms with van der Waals surface area (Å²) in [5, 5.41) is 0. The fraction of sp³-hybridized carbons (Fsp3) is 0.571. The molecular formula is C14H23Na. The van der Waals surface area contributed by atoms with E-state index in [0.29, 0.717) is 0 Å². The fourth-order valence-corrected chi connectivity index (χ4v) is 1.84. The molecule has 0 amide bonds. The largest absolute Gasteiger partial charge is 1.00 e. The van der Waals surface area contributed by atoms with E-state index in [1.165, 1.54) is 24.0 Å². The SMILES string of the molecule is CC(C)Cc1ccccc1CC(C)C.[H-].[Na+]. The third-order valence-electron chi connectivity index (χ3n) is 2.37. The summed E-state index contributed by atoms with van der Waals surface area (Å²) in [6, 6.07) is 8.86. The van der Waals surface area contributed by atoms with Crippen molar-refractivity contribution in [3.8, 4) is 0 Å². The summed E-state index contributed by atoms with van der Waals surface area (Å²) in [5.41, 5.74) is 3.08. The van der Waals surface area contributed by atoms with Crippen LogP contribution in [-0.4, -0.2) is 0 Å². The van der Waals surface area contributed by atoms with Gasteiger partial charge in [-0.2, -0.15) is 0 Å². The van der Waals surface area contributed by atoms with Crippen molar-refractivity contribution >= 4 is 0 Å². The van der Waals surface area contributed by atoms with Crippen molar-refractivity contribution in [2.75, 3.05) is 0 Å². The molecular weight excluding hydrogens is 191 g/mol. The van der Waals surface area contributed by atoms with Gasteiger partial charge in [0.1, 0.15) is 0 Å². The molecule has 0 atom stereocenters. The molecule has 0 spiro atoms. The molecule has 0 heterocycles. The second-order valence-electron chi connectivity index (χ2n) is 4.96. The predicted molar refractivity (Wildman–Crippen MR) is 64.6 cm³/mol.